The van der Waals surface area contributed by atoms with E-state index in [1.807, 2.05) is 48.7 Å². The number of hydrogen-bond donors (Lipinski definition) is 2. The van der Waals surface area contributed by atoms with Gasteiger partial charge < -0.3 is 14.9 Å². The third-order valence-electron chi connectivity index (χ3n) is 4.81. The Morgan fingerprint density at radius 2 is 1.96 bits per heavy atom. The van der Waals surface area contributed by atoms with Crippen molar-refractivity contribution in [1.29, 1.82) is 0 Å². The number of aromatic amines is 1. The van der Waals surface area contributed by atoms with Gasteiger partial charge in [0.15, 0.2) is 0 Å². The van der Waals surface area contributed by atoms with E-state index in [-0.39, 0.29) is 11.5 Å². The van der Waals surface area contributed by atoms with Crippen LogP contribution in [0.25, 0.3) is 21.8 Å². The van der Waals surface area contributed by atoms with E-state index in [2.05, 4.69) is 10.3 Å². The Labute approximate surface area is 160 Å². The van der Waals surface area contributed by atoms with E-state index < -0.39 is 0 Å². The van der Waals surface area contributed by atoms with Crippen molar-refractivity contribution in [1.82, 2.24) is 14.9 Å². The molecule has 0 saturated heterocycles. The standard InChI is InChI=1S/C21H18ClN3O2/c1-25-19-5-3-2-4-15(19)17(11-20(25)26)21(27)23-9-8-13-12-24-18-7-6-14(22)10-16(13)18/h2-7,10-12,24H,8-9H2,1H3,(H,23,27). The van der Waals surface area contributed by atoms with Crippen molar-refractivity contribution in [2.45, 2.75) is 6.42 Å². The molecule has 27 heavy (non-hydrogen) atoms. The number of carbonyl (C=O) groups excluding carboxylic acids is 1. The van der Waals surface area contributed by atoms with E-state index in [4.69, 9.17) is 11.6 Å². The molecular weight excluding hydrogens is 362 g/mol. The number of aromatic nitrogens is 2. The number of pyridine rings is 1. The molecule has 2 N–H and O–H groups in total. The average molecular weight is 380 g/mol. The molecule has 0 saturated carbocycles. The second-order valence-corrected chi connectivity index (χ2v) is 6.92. The number of halogens is 1. The van der Waals surface area contributed by atoms with Crippen molar-refractivity contribution in [2.24, 2.45) is 7.05 Å². The largest absolute Gasteiger partial charge is 0.361 e. The molecule has 0 spiro atoms. The molecule has 1 amide bonds. The number of benzene rings is 2. The molecule has 0 radical (unpaired) electrons. The summed E-state index contributed by atoms with van der Waals surface area (Å²) in [5.41, 5.74) is 3.03. The Bertz CT molecular complexity index is 1220. The van der Waals surface area contributed by atoms with Crippen LogP contribution >= 0.6 is 11.6 Å². The van der Waals surface area contributed by atoms with Gasteiger partial charge in [-0.05, 0) is 36.2 Å². The van der Waals surface area contributed by atoms with Crippen molar-refractivity contribution >= 4 is 39.3 Å². The SMILES string of the molecule is Cn1c(=O)cc(C(=O)NCCc2c[nH]c3ccc(Cl)cc23)c2ccccc21. The first-order chi connectivity index (χ1) is 13.0. The topological polar surface area (TPSA) is 66.9 Å². The molecule has 136 valence electrons. The highest BCUT2D eigenvalue weighted by atomic mass is 35.5. The molecule has 4 aromatic rings. The maximum Gasteiger partial charge on any atom is 0.252 e. The lowest BCUT2D eigenvalue weighted by Crippen LogP contribution is -2.28. The van der Waals surface area contributed by atoms with E-state index in [1.54, 1.807) is 11.6 Å². The second kappa shape index (κ2) is 6.93. The predicted molar refractivity (Wildman–Crippen MR) is 109 cm³/mol. The molecular formula is C21H18ClN3O2. The fourth-order valence-electron chi connectivity index (χ4n) is 3.36. The zero-order chi connectivity index (χ0) is 19.0. The maximum absolute atomic E-state index is 12.7. The summed E-state index contributed by atoms with van der Waals surface area (Å²) in [7, 11) is 1.70. The number of rotatable bonds is 4. The number of aryl methyl sites for hydroxylation is 1. The number of nitrogens with one attached hydrogen (secondary N) is 2. The van der Waals surface area contributed by atoms with E-state index in [0.29, 0.717) is 23.6 Å². The van der Waals surface area contributed by atoms with Crippen LogP contribution in [0.3, 0.4) is 0 Å². The number of amides is 1. The van der Waals surface area contributed by atoms with Gasteiger partial charge in [-0.2, -0.15) is 0 Å². The van der Waals surface area contributed by atoms with E-state index in [0.717, 1.165) is 27.4 Å². The Kier molecular flexibility index (Phi) is 4.46. The van der Waals surface area contributed by atoms with Gasteiger partial charge in [0.2, 0.25) is 0 Å². The van der Waals surface area contributed by atoms with Crippen molar-refractivity contribution in [3.05, 3.63) is 81.2 Å². The lowest BCUT2D eigenvalue weighted by Gasteiger charge is -2.10. The zero-order valence-corrected chi connectivity index (χ0v) is 15.5. The summed E-state index contributed by atoms with van der Waals surface area (Å²) in [5, 5.41) is 5.41. The maximum atomic E-state index is 12.7. The molecule has 0 bridgehead atoms. The smallest absolute Gasteiger partial charge is 0.252 e. The molecule has 2 aromatic heterocycles. The van der Waals surface area contributed by atoms with E-state index in [9.17, 15) is 9.59 Å². The van der Waals surface area contributed by atoms with Gasteiger partial charge in [0.25, 0.3) is 11.5 Å². The highest BCUT2D eigenvalue weighted by Gasteiger charge is 2.13. The Morgan fingerprint density at radius 3 is 2.81 bits per heavy atom. The predicted octanol–water partition coefficient (Wildman–Crippen LogP) is 3.65. The van der Waals surface area contributed by atoms with E-state index in [1.165, 1.54) is 6.07 Å². The van der Waals surface area contributed by atoms with Gasteiger partial charge in [-0.3, -0.25) is 9.59 Å². The second-order valence-electron chi connectivity index (χ2n) is 6.48. The summed E-state index contributed by atoms with van der Waals surface area (Å²) in [5.74, 6) is -0.248. The minimum atomic E-state index is -0.248. The first-order valence-corrected chi connectivity index (χ1v) is 9.05. The molecule has 2 heterocycles. The fourth-order valence-corrected chi connectivity index (χ4v) is 3.53. The number of fused-ring (bicyclic) bond motifs is 2. The summed E-state index contributed by atoms with van der Waals surface area (Å²) in [6.07, 6.45) is 2.59. The number of para-hydroxylation sites is 1. The highest BCUT2D eigenvalue weighted by molar-refractivity contribution is 6.31. The normalized spacial score (nSPS) is 11.2. The Morgan fingerprint density at radius 1 is 1.15 bits per heavy atom. The van der Waals surface area contributed by atoms with Crippen LogP contribution in [0.2, 0.25) is 5.02 Å². The summed E-state index contributed by atoms with van der Waals surface area (Å²) in [4.78, 5) is 28.1. The van der Waals surface area contributed by atoms with Gasteiger partial charge in [0.05, 0.1) is 11.1 Å². The fraction of sp³-hybridized carbons (Fsp3) is 0.143. The zero-order valence-electron chi connectivity index (χ0n) is 14.8. The van der Waals surface area contributed by atoms with Crippen LogP contribution in [0.1, 0.15) is 15.9 Å². The van der Waals surface area contributed by atoms with Crippen LogP contribution < -0.4 is 10.9 Å². The monoisotopic (exact) mass is 379 g/mol. The Hall–Kier alpha value is -3.05. The number of carbonyl (C=O) groups is 1. The number of nitrogens with zero attached hydrogens (tertiary/aromatic N) is 1. The van der Waals surface area contributed by atoms with Gasteiger partial charge in [-0.15, -0.1) is 0 Å². The van der Waals surface area contributed by atoms with Gasteiger partial charge in [0, 0.05) is 47.2 Å². The number of H-pyrrole nitrogens is 1. The van der Waals surface area contributed by atoms with Crippen LogP contribution in [0.4, 0.5) is 0 Å². The molecule has 5 nitrogen and oxygen atoms in total. The van der Waals surface area contributed by atoms with Crippen LogP contribution in [0.5, 0.6) is 0 Å². The summed E-state index contributed by atoms with van der Waals surface area (Å²) in [6, 6.07) is 14.5. The molecule has 4 rings (SSSR count). The van der Waals surface area contributed by atoms with Crippen molar-refractivity contribution in [3.8, 4) is 0 Å². The highest BCUT2D eigenvalue weighted by Crippen LogP contribution is 2.22. The van der Waals surface area contributed by atoms with Gasteiger partial charge in [0.1, 0.15) is 0 Å². The molecule has 6 heteroatoms. The lowest BCUT2D eigenvalue weighted by molar-refractivity contribution is 0.0955. The third-order valence-corrected chi connectivity index (χ3v) is 5.04. The van der Waals surface area contributed by atoms with Gasteiger partial charge in [-0.25, -0.2) is 0 Å². The minimum Gasteiger partial charge on any atom is -0.361 e. The molecule has 2 aromatic carbocycles. The summed E-state index contributed by atoms with van der Waals surface area (Å²) < 4.78 is 1.54. The van der Waals surface area contributed by atoms with Crippen LogP contribution in [-0.2, 0) is 13.5 Å². The molecule has 0 fully saturated rings. The Balaban J connectivity index is 1.55. The van der Waals surface area contributed by atoms with Crippen molar-refractivity contribution < 1.29 is 4.79 Å². The third kappa shape index (κ3) is 3.22. The van der Waals surface area contributed by atoms with Crippen LogP contribution in [0, 0.1) is 0 Å². The molecule has 0 aliphatic heterocycles. The molecule has 0 aliphatic rings. The molecule has 0 atom stereocenters. The lowest BCUT2D eigenvalue weighted by atomic mass is 10.1. The quantitative estimate of drug-likeness (QED) is 0.568. The van der Waals surface area contributed by atoms with Crippen molar-refractivity contribution in [3.63, 3.8) is 0 Å². The van der Waals surface area contributed by atoms with Crippen LogP contribution in [-0.4, -0.2) is 22.0 Å². The summed E-state index contributed by atoms with van der Waals surface area (Å²) in [6.45, 7) is 0.460. The number of hydrogen-bond acceptors (Lipinski definition) is 2. The molecule has 0 aliphatic carbocycles. The van der Waals surface area contributed by atoms with Crippen molar-refractivity contribution in [2.75, 3.05) is 6.54 Å². The van der Waals surface area contributed by atoms with Gasteiger partial charge in [-0.1, -0.05) is 29.8 Å². The van der Waals surface area contributed by atoms with Gasteiger partial charge >= 0.3 is 0 Å². The van der Waals surface area contributed by atoms with E-state index >= 15 is 0 Å². The average Bonchev–Trinajstić information content (AvgIpc) is 3.07. The molecule has 0 unspecified atom stereocenters. The first-order valence-electron chi connectivity index (χ1n) is 8.67. The minimum absolute atomic E-state index is 0.204. The first kappa shape index (κ1) is 17.4. The summed E-state index contributed by atoms with van der Waals surface area (Å²) >= 11 is 6.08. The van der Waals surface area contributed by atoms with Crippen LogP contribution in [0.15, 0.2) is 59.5 Å².